The number of carbonyl (C=O) groups excluding carboxylic acids is 4. The molecule has 3 aliphatic rings. The first kappa shape index (κ1) is 22.0. The zero-order chi connectivity index (χ0) is 25.0. The molecule has 36 heavy (non-hydrogen) atoms. The summed E-state index contributed by atoms with van der Waals surface area (Å²) in [6.07, 6.45) is -0.916. The monoisotopic (exact) mass is 481 g/mol. The Kier molecular flexibility index (Phi) is 5.10. The van der Waals surface area contributed by atoms with E-state index < -0.39 is 23.9 Å². The zero-order valence-electron chi connectivity index (χ0n) is 19.3. The van der Waals surface area contributed by atoms with Gasteiger partial charge < -0.3 is 15.4 Å². The maximum atomic E-state index is 13.3. The second kappa shape index (κ2) is 8.34. The molecule has 1 unspecified atom stereocenters. The van der Waals surface area contributed by atoms with E-state index in [1.165, 1.54) is 4.90 Å². The van der Waals surface area contributed by atoms with Crippen molar-refractivity contribution in [1.29, 1.82) is 0 Å². The van der Waals surface area contributed by atoms with E-state index in [0.29, 0.717) is 21.7 Å². The summed E-state index contributed by atoms with van der Waals surface area (Å²) in [4.78, 5) is 53.9. The lowest BCUT2D eigenvalue weighted by Crippen LogP contribution is -2.56. The van der Waals surface area contributed by atoms with Gasteiger partial charge in [-0.25, -0.2) is 4.79 Å². The molecule has 1 fully saturated rings. The number of hydrogen-bond donors (Lipinski definition) is 1. The Morgan fingerprint density at radius 1 is 0.889 bits per heavy atom. The van der Waals surface area contributed by atoms with Crippen LogP contribution in [-0.4, -0.2) is 46.3 Å². The van der Waals surface area contributed by atoms with Gasteiger partial charge in [0, 0.05) is 35.7 Å². The Balaban J connectivity index is 1.21. The second-order valence-electron chi connectivity index (χ2n) is 9.23. The number of rotatable bonds is 3. The molecule has 3 aromatic rings. The maximum Gasteiger partial charge on any atom is 0.423 e. The summed E-state index contributed by atoms with van der Waals surface area (Å²) < 4.78 is 5.56. The highest BCUT2D eigenvalue weighted by molar-refractivity contribution is 6.13. The van der Waals surface area contributed by atoms with Crippen LogP contribution in [0.1, 0.15) is 45.8 Å². The van der Waals surface area contributed by atoms with Crippen LogP contribution in [0.25, 0.3) is 11.1 Å². The molecule has 0 bridgehead atoms. The topological polar surface area (TPSA) is 110 Å². The smallest absolute Gasteiger partial charge is 0.423 e. The second-order valence-corrected chi connectivity index (χ2v) is 9.23. The molecule has 1 aliphatic carbocycles. The lowest BCUT2D eigenvalue weighted by Gasteiger charge is -2.34. The third-order valence-electron chi connectivity index (χ3n) is 7.31. The number of carbonyl (C=O) groups is 4. The van der Waals surface area contributed by atoms with Gasteiger partial charge in [-0.1, -0.05) is 54.6 Å². The van der Waals surface area contributed by atoms with Crippen molar-refractivity contribution in [3.05, 3.63) is 89.0 Å². The van der Waals surface area contributed by atoms with Crippen LogP contribution < -0.4 is 5.73 Å². The number of benzene rings is 3. The van der Waals surface area contributed by atoms with Crippen molar-refractivity contribution in [1.82, 2.24) is 9.80 Å². The van der Waals surface area contributed by atoms with Gasteiger partial charge in [0.05, 0.1) is 0 Å². The molecule has 1 atom stereocenters. The lowest BCUT2D eigenvalue weighted by molar-refractivity contribution is -0.149. The molecule has 0 spiro atoms. The molecular formula is C28H23N3O5. The summed E-state index contributed by atoms with van der Waals surface area (Å²) in [6, 6.07) is 19.9. The highest BCUT2D eigenvalue weighted by Crippen LogP contribution is 2.44. The van der Waals surface area contributed by atoms with Gasteiger partial charge in [0.15, 0.2) is 0 Å². The number of hydrogen-bond acceptors (Lipinski definition) is 6. The third-order valence-corrected chi connectivity index (χ3v) is 7.31. The summed E-state index contributed by atoms with van der Waals surface area (Å²) in [5, 5.41) is 0. The number of nitrogens with two attached hydrogens (primary N) is 1. The predicted octanol–water partition coefficient (Wildman–Crippen LogP) is 3.69. The van der Waals surface area contributed by atoms with E-state index in [2.05, 4.69) is 0 Å². The van der Waals surface area contributed by atoms with Crippen LogP contribution in [0.15, 0.2) is 66.7 Å². The Morgan fingerprint density at radius 3 is 2.19 bits per heavy atom. The summed E-state index contributed by atoms with van der Waals surface area (Å²) in [6.45, 7) is 0.142. The molecule has 2 N–H and O–H groups in total. The highest BCUT2D eigenvalue weighted by atomic mass is 16.6. The van der Waals surface area contributed by atoms with Crippen LogP contribution in [0.4, 0.5) is 10.5 Å². The first-order chi connectivity index (χ1) is 17.5. The summed E-state index contributed by atoms with van der Waals surface area (Å²) in [5.74, 6) is -1.91. The Morgan fingerprint density at radius 2 is 1.53 bits per heavy atom. The fraction of sp³-hybridized carbons (Fsp3) is 0.214. The SMILES string of the molecule is Nc1cccc2c1CN(C1CCC(=O)N(C(=O)OCC3c4ccccc4-c4ccccc43)C1=O)C2=O. The van der Waals surface area contributed by atoms with Gasteiger partial charge in [0.2, 0.25) is 5.91 Å². The van der Waals surface area contributed by atoms with Crippen LogP contribution in [0.2, 0.25) is 0 Å². The van der Waals surface area contributed by atoms with Gasteiger partial charge in [-0.15, -0.1) is 0 Å². The quantitative estimate of drug-likeness (QED) is 0.451. The first-order valence-electron chi connectivity index (χ1n) is 11.9. The number of imide groups is 3. The van der Waals surface area contributed by atoms with Crippen molar-refractivity contribution in [2.24, 2.45) is 0 Å². The normalized spacial score (nSPS) is 18.8. The average Bonchev–Trinajstić information content (AvgIpc) is 3.39. The van der Waals surface area contributed by atoms with Gasteiger partial charge in [0.1, 0.15) is 12.6 Å². The fourth-order valence-corrected chi connectivity index (χ4v) is 5.54. The van der Waals surface area contributed by atoms with Crippen molar-refractivity contribution >= 4 is 29.5 Å². The van der Waals surface area contributed by atoms with E-state index in [1.54, 1.807) is 18.2 Å². The van der Waals surface area contributed by atoms with E-state index in [9.17, 15) is 19.2 Å². The van der Waals surface area contributed by atoms with E-state index in [1.807, 2.05) is 48.5 Å². The number of nitrogen functional groups attached to an aromatic ring is 1. The molecule has 0 aromatic heterocycles. The van der Waals surface area contributed by atoms with E-state index in [-0.39, 0.29) is 37.8 Å². The Labute approximate surface area is 207 Å². The van der Waals surface area contributed by atoms with Gasteiger partial charge >= 0.3 is 6.09 Å². The Bertz CT molecular complexity index is 1400. The van der Waals surface area contributed by atoms with Gasteiger partial charge in [0.25, 0.3) is 11.8 Å². The molecule has 0 radical (unpaired) electrons. The molecule has 6 rings (SSSR count). The minimum Gasteiger partial charge on any atom is -0.448 e. The summed E-state index contributed by atoms with van der Waals surface area (Å²) in [7, 11) is 0. The molecule has 0 saturated carbocycles. The van der Waals surface area contributed by atoms with Crippen LogP contribution in [0, 0.1) is 0 Å². The van der Waals surface area contributed by atoms with Crippen LogP contribution in [0.3, 0.4) is 0 Å². The zero-order valence-corrected chi connectivity index (χ0v) is 19.3. The van der Waals surface area contributed by atoms with E-state index in [4.69, 9.17) is 10.5 Å². The number of anilines is 1. The lowest BCUT2D eigenvalue weighted by atomic mass is 9.98. The van der Waals surface area contributed by atoms with Crippen molar-refractivity contribution in [3.63, 3.8) is 0 Å². The van der Waals surface area contributed by atoms with Crippen molar-refractivity contribution < 1.29 is 23.9 Å². The fourth-order valence-electron chi connectivity index (χ4n) is 5.54. The molecule has 8 heteroatoms. The highest BCUT2D eigenvalue weighted by Gasteiger charge is 2.46. The standard InChI is InChI=1S/C28H23N3O5/c29-23-11-5-10-20-21(23)14-30(26(20)33)24-12-13-25(32)31(27(24)34)28(35)36-15-22-18-8-3-1-6-16(18)17-7-2-4-9-19(17)22/h1-11,22,24H,12-15,29H2. The van der Waals surface area contributed by atoms with Crippen LogP contribution >= 0.6 is 0 Å². The Hall–Kier alpha value is -4.46. The van der Waals surface area contributed by atoms with Crippen molar-refractivity contribution in [2.75, 3.05) is 12.3 Å². The molecule has 4 amide bonds. The van der Waals surface area contributed by atoms with Gasteiger partial charge in [-0.3, -0.25) is 14.4 Å². The average molecular weight is 482 g/mol. The van der Waals surface area contributed by atoms with Crippen molar-refractivity contribution in [3.8, 4) is 11.1 Å². The van der Waals surface area contributed by atoms with Gasteiger partial charge in [-0.2, -0.15) is 4.90 Å². The summed E-state index contributed by atoms with van der Waals surface area (Å²) in [5.41, 5.74) is 11.8. The number of fused-ring (bicyclic) bond motifs is 4. The van der Waals surface area contributed by atoms with Gasteiger partial charge in [-0.05, 0) is 40.8 Å². The van der Waals surface area contributed by atoms with E-state index in [0.717, 1.165) is 22.3 Å². The molecular weight excluding hydrogens is 458 g/mol. The molecule has 2 heterocycles. The van der Waals surface area contributed by atoms with E-state index >= 15 is 0 Å². The van der Waals surface area contributed by atoms with Crippen molar-refractivity contribution in [2.45, 2.75) is 31.3 Å². The number of likely N-dealkylation sites (tertiary alicyclic amines) is 1. The minimum atomic E-state index is -1.01. The number of nitrogens with zero attached hydrogens (tertiary/aromatic N) is 2. The largest absolute Gasteiger partial charge is 0.448 e. The van der Waals surface area contributed by atoms with Crippen LogP contribution in [0.5, 0.6) is 0 Å². The number of piperidine rings is 1. The molecule has 8 nitrogen and oxygen atoms in total. The molecule has 2 aliphatic heterocycles. The molecule has 180 valence electrons. The molecule has 3 aromatic carbocycles. The minimum absolute atomic E-state index is 0.0147. The third kappa shape index (κ3) is 3.29. The first-order valence-corrected chi connectivity index (χ1v) is 11.9. The predicted molar refractivity (Wildman–Crippen MR) is 131 cm³/mol. The number of amides is 4. The summed E-state index contributed by atoms with van der Waals surface area (Å²) >= 11 is 0. The maximum absolute atomic E-state index is 13.3. The number of ether oxygens (including phenoxy) is 1. The van der Waals surface area contributed by atoms with Crippen LogP contribution in [-0.2, 0) is 20.9 Å². The molecule has 1 saturated heterocycles.